The fourth-order valence-corrected chi connectivity index (χ4v) is 4.29. The number of fused-ring (bicyclic) bond motifs is 4. The van der Waals surface area contributed by atoms with Crippen LogP contribution in [0.15, 0.2) is 12.1 Å². The third kappa shape index (κ3) is 1.91. The summed E-state index contributed by atoms with van der Waals surface area (Å²) in [5.74, 6) is 2.79. The predicted molar refractivity (Wildman–Crippen MR) is 78.3 cm³/mol. The lowest BCUT2D eigenvalue weighted by Crippen LogP contribution is -2.49. The zero-order valence-corrected chi connectivity index (χ0v) is 12.2. The summed E-state index contributed by atoms with van der Waals surface area (Å²) in [6.45, 7) is 5.22. The van der Waals surface area contributed by atoms with Gasteiger partial charge in [0.2, 0.25) is 6.79 Å². The lowest BCUT2D eigenvalue weighted by atomic mass is 9.75. The highest BCUT2D eigenvalue weighted by molar-refractivity contribution is 5.53. The van der Waals surface area contributed by atoms with Crippen LogP contribution in [0.3, 0.4) is 0 Å². The number of piperidine rings is 1. The van der Waals surface area contributed by atoms with E-state index in [1.807, 2.05) is 0 Å². The molecular formula is C17H23NO2. The van der Waals surface area contributed by atoms with Gasteiger partial charge in [-0.1, -0.05) is 13.0 Å². The molecule has 0 N–H and O–H groups in total. The quantitative estimate of drug-likeness (QED) is 0.827. The van der Waals surface area contributed by atoms with Crippen molar-refractivity contribution in [1.82, 2.24) is 4.90 Å². The van der Waals surface area contributed by atoms with Crippen LogP contribution in [0.25, 0.3) is 0 Å². The van der Waals surface area contributed by atoms with Crippen molar-refractivity contribution in [3.8, 4) is 11.5 Å². The molecule has 4 rings (SSSR count). The average molecular weight is 273 g/mol. The normalized spacial score (nSPS) is 28.1. The molecule has 3 nitrogen and oxygen atoms in total. The molecule has 0 bridgehead atoms. The monoisotopic (exact) mass is 273 g/mol. The van der Waals surface area contributed by atoms with Gasteiger partial charge in [0.05, 0.1) is 0 Å². The molecule has 3 aliphatic rings. The Bertz CT molecular complexity index is 512. The summed E-state index contributed by atoms with van der Waals surface area (Å²) in [6, 6.07) is 5.10. The van der Waals surface area contributed by atoms with Crippen LogP contribution in [-0.4, -0.2) is 30.8 Å². The fourth-order valence-electron chi connectivity index (χ4n) is 4.29. The zero-order valence-electron chi connectivity index (χ0n) is 12.2. The molecule has 0 saturated carbocycles. The van der Waals surface area contributed by atoms with E-state index in [1.54, 1.807) is 0 Å². The lowest BCUT2D eigenvalue weighted by Gasteiger charge is -2.44. The highest BCUT2D eigenvalue weighted by atomic mass is 16.7. The van der Waals surface area contributed by atoms with Crippen LogP contribution < -0.4 is 9.47 Å². The summed E-state index contributed by atoms with van der Waals surface area (Å²) in [6.07, 6.45) is 6.35. The van der Waals surface area contributed by atoms with Gasteiger partial charge in [0.15, 0.2) is 11.5 Å². The van der Waals surface area contributed by atoms with Gasteiger partial charge in [0, 0.05) is 11.6 Å². The first kappa shape index (κ1) is 12.5. The van der Waals surface area contributed by atoms with Gasteiger partial charge in [-0.05, 0) is 62.7 Å². The van der Waals surface area contributed by atoms with E-state index < -0.39 is 0 Å². The van der Waals surface area contributed by atoms with E-state index in [9.17, 15) is 0 Å². The maximum absolute atomic E-state index is 5.72. The van der Waals surface area contributed by atoms with Crippen LogP contribution in [0.1, 0.15) is 37.3 Å². The topological polar surface area (TPSA) is 21.7 Å². The second-order valence-electron chi connectivity index (χ2n) is 6.35. The van der Waals surface area contributed by atoms with Crippen molar-refractivity contribution >= 4 is 0 Å². The second kappa shape index (κ2) is 4.96. The van der Waals surface area contributed by atoms with Gasteiger partial charge in [-0.15, -0.1) is 0 Å². The van der Waals surface area contributed by atoms with E-state index in [2.05, 4.69) is 24.0 Å². The molecule has 20 heavy (non-hydrogen) atoms. The molecule has 1 saturated heterocycles. The fraction of sp³-hybridized carbons (Fsp3) is 0.647. The molecule has 0 unspecified atom stereocenters. The Kier molecular flexibility index (Phi) is 3.10. The molecule has 0 amide bonds. The third-order valence-electron chi connectivity index (χ3n) is 5.18. The molecule has 2 heterocycles. The molecule has 2 aliphatic heterocycles. The Hall–Kier alpha value is -1.22. The van der Waals surface area contributed by atoms with Gasteiger partial charge in [-0.2, -0.15) is 0 Å². The smallest absolute Gasteiger partial charge is 0.231 e. The first-order chi connectivity index (χ1) is 9.86. The predicted octanol–water partition coefficient (Wildman–Crippen LogP) is 3.00. The number of hydrogen-bond donors (Lipinski definition) is 0. The zero-order chi connectivity index (χ0) is 13.5. The van der Waals surface area contributed by atoms with Gasteiger partial charge in [-0.25, -0.2) is 0 Å². The van der Waals surface area contributed by atoms with Gasteiger partial charge in [0.25, 0.3) is 0 Å². The summed E-state index contributed by atoms with van der Waals surface area (Å²) in [5.41, 5.74) is 2.91. The molecular weight excluding hydrogens is 250 g/mol. The number of ether oxygens (including phenoxy) is 2. The van der Waals surface area contributed by atoms with Crippen LogP contribution in [0.2, 0.25) is 0 Å². The van der Waals surface area contributed by atoms with Gasteiger partial charge < -0.3 is 9.47 Å². The number of benzene rings is 1. The SMILES string of the molecule is CCCN1CCC[C@H]2Cc3c(ccc4c3OCO4)C[C@H]21. The van der Waals surface area contributed by atoms with E-state index in [0.717, 1.165) is 23.5 Å². The summed E-state index contributed by atoms with van der Waals surface area (Å²) in [4.78, 5) is 2.72. The van der Waals surface area contributed by atoms with E-state index in [0.29, 0.717) is 6.79 Å². The molecule has 108 valence electrons. The van der Waals surface area contributed by atoms with Crippen molar-refractivity contribution < 1.29 is 9.47 Å². The second-order valence-corrected chi connectivity index (χ2v) is 6.35. The molecule has 1 fully saturated rings. The molecule has 0 spiro atoms. The molecule has 0 aromatic heterocycles. The van der Waals surface area contributed by atoms with Crippen molar-refractivity contribution in [1.29, 1.82) is 0 Å². The van der Waals surface area contributed by atoms with Crippen molar-refractivity contribution in [3.63, 3.8) is 0 Å². The van der Waals surface area contributed by atoms with Gasteiger partial charge in [0.1, 0.15) is 0 Å². The number of likely N-dealkylation sites (tertiary alicyclic amines) is 1. The number of nitrogens with zero attached hydrogens (tertiary/aromatic N) is 1. The summed E-state index contributed by atoms with van der Waals surface area (Å²) >= 11 is 0. The summed E-state index contributed by atoms with van der Waals surface area (Å²) in [5, 5.41) is 0. The lowest BCUT2D eigenvalue weighted by molar-refractivity contribution is 0.0847. The van der Waals surface area contributed by atoms with Gasteiger partial charge >= 0.3 is 0 Å². The van der Waals surface area contributed by atoms with Crippen molar-refractivity contribution in [3.05, 3.63) is 23.3 Å². The molecule has 2 atom stereocenters. The molecule has 0 radical (unpaired) electrons. The molecule has 1 aliphatic carbocycles. The van der Waals surface area contributed by atoms with E-state index in [4.69, 9.17) is 9.47 Å². The van der Waals surface area contributed by atoms with E-state index in [1.165, 1.54) is 56.3 Å². The summed E-state index contributed by atoms with van der Waals surface area (Å²) < 4.78 is 11.2. The van der Waals surface area contributed by atoms with Crippen LogP contribution >= 0.6 is 0 Å². The number of rotatable bonds is 2. The summed E-state index contributed by atoms with van der Waals surface area (Å²) in [7, 11) is 0. The number of hydrogen-bond acceptors (Lipinski definition) is 3. The third-order valence-corrected chi connectivity index (χ3v) is 5.18. The van der Waals surface area contributed by atoms with Crippen molar-refractivity contribution in [2.45, 2.75) is 45.1 Å². The highest BCUT2D eigenvalue weighted by Crippen LogP contribution is 2.44. The molecule has 1 aromatic carbocycles. The molecule has 3 heteroatoms. The first-order valence-electron chi connectivity index (χ1n) is 8.01. The van der Waals surface area contributed by atoms with Gasteiger partial charge in [-0.3, -0.25) is 4.90 Å². The van der Waals surface area contributed by atoms with Crippen molar-refractivity contribution in [2.24, 2.45) is 5.92 Å². The first-order valence-corrected chi connectivity index (χ1v) is 8.01. The van der Waals surface area contributed by atoms with Crippen LogP contribution in [0.4, 0.5) is 0 Å². The Balaban J connectivity index is 1.66. The Morgan fingerprint density at radius 1 is 1.25 bits per heavy atom. The average Bonchev–Trinajstić information content (AvgIpc) is 2.95. The molecule has 1 aromatic rings. The largest absolute Gasteiger partial charge is 0.454 e. The minimum absolute atomic E-state index is 0.391. The Morgan fingerprint density at radius 3 is 3.10 bits per heavy atom. The minimum atomic E-state index is 0.391. The maximum atomic E-state index is 5.72. The minimum Gasteiger partial charge on any atom is -0.454 e. The maximum Gasteiger partial charge on any atom is 0.231 e. The Morgan fingerprint density at radius 2 is 2.20 bits per heavy atom. The van der Waals surface area contributed by atoms with Crippen molar-refractivity contribution in [2.75, 3.05) is 19.9 Å². The highest BCUT2D eigenvalue weighted by Gasteiger charge is 2.37. The van der Waals surface area contributed by atoms with Crippen LogP contribution in [-0.2, 0) is 12.8 Å². The van der Waals surface area contributed by atoms with Crippen LogP contribution in [0, 0.1) is 5.92 Å². The van der Waals surface area contributed by atoms with E-state index >= 15 is 0 Å². The van der Waals surface area contributed by atoms with Crippen LogP contribution in [0.5, 0.6) is 11.5 Å². The standard InChI is InChI=1S/C17H23NO2/c1-2-7-18-8-3-4-13-9-14-12(10-15(13)18)5-6-16-17(14)20-11-19-16/h5-6,13,15H,2-4,7-11H2,1H3/t13-,15+/m0/s1. The Labute approximate surface area is 120 Å². The van der Waals surface area contributed by atoms with E-state index in [-0.39, 0.29) is 0 Å².